The maximum atomic E-state index is 15.2. The van der Waals surface area contributed by atoms with Crippen LogP contribution in [-0.2, 0) is 17.8 Å². The minimum atomic E-state index is -0.927. The van der Waals surface area contributed by atoms with Crippen molar-refractivity contribution >= 4 is 34.9 Å². The van der Waals surface area contributed by atoms with Gasteiger partial charge in [0.25, 0.3) is 5.91 Å². The second kappa shape index (κ2) is 10.5. The molecule has 0 aliphatic carbocycles. The third-order valence-corrected chi connectivity index (χ3v) is 6.63. The molecular weight excluding hydrogens is 507 g/mol. The Kier molecular flexibility index (Phi) is 6.98. The van der Waals surface area contributed by atoms with E-state index in [0.717, 1.165) is 0 Å². The molecule has 0 radical (unpaired) electrons. The normalized spacial score (nSPS) is 15.0. The van der Waals surface area contributed by atoms with Gasteiger partial charge < -0.3 is 10.2 Å². The Morgan fingerprint density at radius 2 is 1.84 bits per heavy atom. The van der Waals surface area contributed by atoms with Crippen molar-refractivity contribution in [2.45, 2.75) is 25.9 Å². The molecule has 0 fully saturated rings. The fourth-order valence-corrected chi connectivity index (χ4v) is 4.62. The molecule has 1 aliphatic rings. The van der Waals surface area contributed by atoms with Gasteiger partial charge in [0.2, 0.25) is 11.7 Å². The number of fused-ring (bicyclic) bond motifs is 1. The Morgan fingerprint density at radius 3 is 2.58 bits per heavy atom. The van der Waals surface area contributed by atoms with Gasteiger partial charge in [0, 0.05) is 36.1 Å². The summed E-state index contributed by atoms with van der Waals surface area (Å²) in [7, 11) is 0. The maximum Gasteiger partial charge on any atom is 0.256 e. The number of rotatable bonds is 6. The van der Waals surface area contributed by atoms with Gasteiger partial charge in [0.15, 0.2) is 0 Å². The van der Waals surface area contributed by atoms with Crippen LogP contribution in [0.2, 0.25) is 5.02 Å². The smallest absolute Gasteiger partial charge is 0.256 e. The minimum Gasteiger partial charge on any atom is -0.323 e. The van der Waals surface area contributed by atoms with E-state index in [1.807, 2.05) is 0 Å². The predicted molar refractivity (Wildman–Crippen MR) is 140 cm³/mol. The maximum absolute atomic E-state index is 15.2. The highest BCUT2D eigenvalue weighted by Crippen LogP contribution is 2.29. The summed E-state index contributed by atoms with van der Waals surface area (Å²) in [4.78, 5) is 49.7. The molecule has 9 heteroatoms. The number of amides is 2. The number of halogens is 2. The fourth-order valence-electron chi connectivity index (χ4n) is 4.45. The van der Waals surface area contributed by atoms with Crippen molar-refractivity contribution in [1.82, 2.24) is 14.9 Å². The standard InChI is InChI=1S/C29H22ClFN4O3/c1-17-5-4-12-33-26(17)27(36)21-9-7-18(13-23(21)31)16-35-25(15-20-6-2-3-11-32-20)28(37)34-24-14-19(30)8-10-22(24)29(35)38/h2-14,25H,15-16H2,1H3,(H,34,37)/t25-/m1/s1. The lowest BCUT2D eigenvalue weighted by Gasteiger charge is -2.29. The molecule has 2 aromatic carbocycles. The molecule has 38 heavy (non-hydrogen) atoms. The number of hydrogen-bond donors (Lipinski definition) is 1. The SMILES string of the molecule is Cc1cccnc1C(=O)c1ccc(CN2C(=O)c3ccc(Cl)cc3NC(=O)[C@H]2Cc2ccccn2)cc1F. The monoisotopic (exact) mass is 528 g/mol. The van der Waals surface area contributed by atoms with Crippen molar-refractivity contribution < 1.29 is 18.8 Å². The number of nitrogens with zero attached hydrogens (tertiary/aromatic N) is 3. The Hall–Kier alpha value is -4.43. The molecule has 7 nitrogen and oxygen atoms in total. The van der Waals surface area contributed by atoms with E-state index in [1.54, 1.807) is 61.7 Å². The highest BCUT2D eigenvalue weighted by molar-refractivity contribution is 6.31. The van der Waals surface area contributed by atoms with Gasteiger partial charge >= 0.3 is 0 Å². The lowest BCUT2D eigenvalue weighted by Crippen LogP contribution is -2.46. The first kappa shape index (κ1) is 25.2. The van der Waals surface area contributed by atoms with Crippen LogP contribution in [0.1, 0.15) is 43.2 Å². The van der Waals surface area contributed by atoms with Crippen LogP contribution in [-0.4, -0.2) is 38.5 Å². The van der Waals surface area contributed by atoms with Crippen molar-refractivity contribution in [3.8, 4) is 0 Å². The van der Waals surface area contributed by atoms with Crippen molar-refractivity contribution in [3.63, 3.8) is 0 Å². The van der Waals surface area contributed by atoms with Crippen molar-refractivity contribution in [1.29, 1.82) is 0 Å². The van der Waals surface area contributed by atoms with Crippen molar-refractivity contribution in [2.75, 3.05) is 5.32 Å². The Balaban J connectivity index is 1.50. The van der Waals surface area contributed by atoms with Crippen LogP contribution >= 0.6 is 11.6 Å². The first-order valence-corrected chi connectivity index (χ1v) is 12.3. The van der Waals surface area contributed by atoms with Gasteiger partial charge in [0.1, 0.15) is 17.6 Å². The van der Waals surface area contributed by atoms with E-state index >= 15 is 4.39 Å². The number of ketones is 1. The molecule has 1 N–H and O–H groups in total. The molecule has 1 atom stereocenters. The average Bonchev–Trinajstić information content (AvgIpc) is 2.99. The van der Waals surface area contributed by atoms with Crippen LogP contribution in [0.4, 0.5) is 10.1 Å². The van der Waals surface area contributed by atoms with E-state index in [2.05, 4.69) is 15.3 Å². The van der Waals surface area contributed by atoms with E-state index in [0.29, 0.717) is 27.5 Å². The van der Waals surface area contributed by atoms with Gasteiger partial charge in [-0.2, -0.15) is 0 Å². The molecule has 0 spiro atoms. The van der Waals surface area contributed by atoms with E-state index < -0.39 is 29.5 Å². The first-order valence-electron chi connectivity index (χ1n) is 11.9. The van der Waals surface area contributed by atoms with Crippen LogP contribution in [0.15, 0.2) is 79.1 Å². The molecule has 4 aromatic rings. The Bertz CT molecular complexity index is 1560. The van der Waals surface area contributed by atoms with E-state index in [-0.39, 0.29) is 29.8 Å². The lowest BCUT2D eigenvalue weighted by molar-refractivity contribution is -0.120. The zero-order chi connectivity index (χ0) is 26.8. The molecule has 0 bridgehead atoms. The molecule has 5 rings (SSSR count). The molecule has 2 amide bonds. The van der Waals surface area contributed by atoms with Crippen LogP contribution in [0.25, 0.3) is 0 Å². The van der Waals surface area contributed by atoms with E-state index in [4.69, 9.17) is 11.6 Å². The zero-order valence-corrected chi connectivity index (χ0v) is 21.1. The number of hydrogen-bond acceptors (Lipinski definition) is 5. The quantitative estimate of drug-likeness (QED) is 0.355. The molecule has 190 valence electrons. The molecule has 0 saturated carbocycles. The van der Waals surface area contributed by atoms with Gasteiger partial charge in [-0.25, -0.2) is 4.39 Å². The molecule has 1 aliphatic heterocycles. The highest BCUT2D eigenvalue weighted by atomic mass is 35.5. The third-order valence-electron chi connectivity index (χ3n) is 6.39. The largest absolute Gasteiger partial charge is 0.323 e. The summed E-state index contributed by atoms with van der Waals surface area (Å²) in [5, 5.41) is 3.17. The number of aryl methyl sites for hydroxylation is 1. The van der Waals surface area contributed by atoms with Crippen molar-refractivity contribution in [2.24, 2.45) is 0 Å². The van der Waals surface area contributed by atoms with Gasteiger partial charge in [0.05, 0.1) is 16.8 Å². The third kappa shape index (κ3) is 5.03. The molecule has 0 saturated heterocycles. The summed E-state index contributed by atoms with van der Waals surface area (Å²) < 4.78 is 15.2. The molecule has 3 heterocycles. The second-order valence-electron chi connectivity index (χ2n) is 8.97. The number of aromatic nitrogens is 2. The van der Waals surface area contributed by atoms with Gasteiger partial charge in [-0.15, -0.1) is 0 Å². The topological polar surface area (TPSA) is 92.3 Å². The average molecular weight is 529 g/mol. The Labute approximate surface area is 223 Å². The summed E-state index contributed by atoms with van der Waals surface area (Å²) in [6.45, 7) is 1.66. The number of carbonyl (C=O) groups is 3. The summed E-state index contributed by atoms with van der Waals surface area (Å²) in [5.74, 6) is -2.10. The fraction of sp³-hybridized carbons (Fsp3) is 0.138. The summed E-state index contributed by atoms with van der Waals surface area (Å²) in [6.07, 6.45) is 3.24. The predicted octanol–water partition coefficient (Wildman–Crippen LogP) is 5.01. The van der Waals surface area contributed by atoms with Crippen LogP contribution < -0.4 is 5.32 Å². The second-order valence-corrected chi connectivity index (χ2v) is 9.40. The molecular formula is C29H22ClFN4O3. The summed E-state index contributed by atoms with van der Waals surface area (Å²) >= 11 is 6.11. The number of pyridine rings is 2. The van der Waals surface area contributed by atoms with E-state index in [1.165, 1.54) is 29.3 Å². The number of benzene rings is 2. The van der Waals surface area contributed by atoms with Gasteiger partial charge in [-0.1, -0.05) is 29.8 Å². The molecule has 2 aromatic heterocycles. The van der Waals surface area contributed by atoms with E-state index in [9.17, 15) is 14.4 Å². The lowest BCUT2D eigenvalue weighted by atomic mass is 10.0. The summed E-state index contributed by atoms with van der Waals surface area (Å²) in [6, 6.07) is 16.6. The summed E-state index contributed by atoms with van der Waals surface area (Å²) in [5.41, 5.74) is 2.29. The molecule has 0 unspecified atom stereocenters. The van der Waals surface area contributed by atoms with Crippen LogP contribution in [0.5, 0.6) is 0 Å². The highest BCUT2D eigenvalue weighted by Gasteiger charge is 2.36. The van der Waals surface area contributed by atoms with Gasteiger partial charge in [-0.3, -0.25) is 24.4 Å². The van der Waals surface area contributed by atoms with Crippen LogP contribution in [0.3, 0.4) is 0 Å². The van der Waals surface area contributed by atoms with Crippen molar-refractivity contribution in [3.05, 3.63) is 124 Å². The van der Waals surface area contributed by atoms with Gasteiger partial charge in [-0.05, 0) is 66.6 Å². The van der Waals surface area contributed by atoms with Crippen LogP contribution in [0, 0.1) is 12.7 Å². The zero-order valence-electron chi connectivity index (χ0n) is 20.3. The number of carbonyl (C=O) groups excluding carboxylic acids is 3. The first-order chi connectivity index (χ1) is 18.3. The Morgan fingerprint density at radius 1 is 1.03 bits per heavy atom. The minimum absolute atomic E-state index is 0.0696. The number of nitrogens with one attached hydrogen (secondary N) is 1. The number of anilines is 1.